The summed E-state index contributed by atoms with van der Waals surface area (Å²) in [6, 6.07) is 7.71. The maximum atomic E-state index is 12.1. The van der Waals surface area contributed by atoms with Crippen molar-refractivity contribution in [2.45, 2.75) is 30.1 Å². The molecule has 1 fully saturated rings. The fraction of sp³-hybridized carbons (Fsp3) is 0.444. The van der Waals surface area contributed by atoms with Crippen LogP contribution < -0.4 is 10.1 Å². The van der Waals surface area contributed by atoms with Gasteiger partial charge in [-0.25, -0.2) is 18.4 Å². The van der Waals surface area contributed by atoms with Gasteiger partial charge in [-0.3, -0.25) is 0 Å². The van der Waals surface area contributed by atoms with Gasteiger partial charge < -0.3 is 10.1 Å². The van der Waals surface area contributed by atoms with Crippen molar-refractivity contribution in [2.24, 2.45) is 0 Å². The standard InChI is InChI=1S/C18H23N3O3S/c1-24-15-8-4-3-6-13(15)10-17-20-12-16(25(2,22)23)18(21-17)14-7-5-9-19-11-14/h3-4,6,8,12,14,19H,5,7,9-11H2,1-2H3. The first-order valence-electron chi connectivity index (χ1n) is 8.37. The Kier molecular flexibility index (Phi) is 5.34. The summed E-state index contributed by atoms with van der Waals surface area (Å²) in [4.78, 5) is 9.19. The molecule has 0 amide bonds. The van der Waals surface area contributed by atoms with Crippen molar-refractivity contribution in [3.8, 4) is 5.75 Å². The van der Waals surface area contributed by atoms with E-state index in [4.69, 9.17) is 4.74 Å². The molecule has 2 aromatic rings. The van der Waals surface area contributed by atoms with Gasteiger partial charge in [-0.2, -0.15) is 0 Å². The van der Waals surface area contributed by atoms with Gasteiger partial charge >= 0.3 is 0 Å². The van der Waals surface area contributed by atoms with Gasteiger partial charge in [-0.15, -0.1) is 0 Å². The van der Waals surface area contributed by atoms with E-state index in [1.165, 1.54) is 12.5 Å². The third kappa shape index (κ3) is 4.16. The van der Waals surface area contributed by atoms with E-state index < -0.39 is 9.84 Å². The van der Waals surface area contributed by atoms with Crippen molar-refractivity contribution in [1.29, 1.82) is 0 Å². The topological polar surface area (TPSA) is 81.2 Å². The summed E-state index contributed by atoms with van der Waals surface area (Å²) < 4.78 is 29.7. The average molecular weight is 361 g/mol. The van der Waals surface area contributed by atoms with Crippen LogP contribution >= 0.6 is 0 Å². The number of benzene rings is 1. The predicted octanol–water partition coefficient (Wildman–Crippen LogP) is 1.95. The van der Waals surface area contributed by atoms with E-state index in [1.807, 2.05) is 24.3 Å². The highest BCUT2D eigenvalue weighted by Gasteiger charge is 2.25. The van der Waals surface area contributed by atoms with Crippen LogP contribution in [0.5, 0.6) is 5.75 Å². The second kappa shape index (κ2) is 7.49. The van der Waals surface area contributed by atoms with Crippen LogP contribution in [0.1, 0.15) is 35.8 Å². The second-order valence-electron chi connectivity index (χ2n) is 6.34. The molecule has 1 aromatic carbocycles. The average Bonchev–Trinajstić information content (AvgIpc) is 2.62. The smallest absolute Gasteiger partial charge is 0.178 e. The molecule has 1 aromatic heterocycles. The van der Waals surface area contributed by atoms with Crippen molar-refractivity contribution in [3.63, 3.8) is 0 Å². The molecule has 0 aliphatic carbocycles. The van der Waals surface area contributed by atoms with Gasteiger partial charge in [-0.1, -0.05) is 18.2 Å². The largest absolute Gasteiger partial charge is 0.496 e. The lowest BCUT2D eigenvalue weighted by Crippen LogP contribution is -2.30. The molecule has 3 rings (SSSR count). The number of hydrogen-bond acceptors (Lipinski definition) is 6. The van der Waals surface area contributed by atoms with E-state index in [1.54, 1.807) is 7.11 Å². The van der Waals surface area contributed by atoms with Crippen molar-refractivity contribution in [3.05, 3.63) is 47.5 Å². The van der Waals surface area contributed by atoms with Crippen LogP contribution in [-0.4, -0.2) is 44.8 Å². The third-order valence-corrected chi connectivity index (χ3v) is 5.57. The summed E-state index contributed by atoms with van der Waals surface area (Å²) in [7, 11) is -1.73. The first-order chi connectivity index (χ1) is 12.0. The third-order valence-electron chi connectivity index (χ3n) is 4.46. The number of piperidine rings is 1. The summed E-state index contributed by atoms with van der Waals surface area (Å²) in [6.45, 7) is 1.71. The summed E-state index contributed by atoms with van der Waals surface area (Å²) in [5, 5.41) is 3.32. The number of aromatic nitrogens is 2. The molecular formula is C18H23N3O3S. The Hall–Kier alpha value is -1.99. The summed E-state index contributed by atoms with van der Waals surface area (Å²) in [5.41, 5.74) is 1.61. The molecule has 1 saturated heterocycles. The van der Waals surface area contributed by atoms with Crippen LogP contribution in [0.4, 0.5) is 0 Å². The fourth-order valence-electron chi connectivity index (χ4n) is 3.19. The molecule has 6 nitrogen and oxygen atoms in total. The van der Waals surface area contributed by atoms with E-state index in [9.17, 15) is 8.42 Å². The minimum atomic E-state index is -3.36. The molecule has 134 valence electrons. The predicted molar refractivity (Wildman–Crippen MR) is 95.8 cm³/mol. The zero-order chi connectivity index (χ0) is 17.9. The minimum Gasteiger partial charge on any atom is -0.496 e. The molecule has 1 atom stereocenters. The minimum absolute atomic E-state index is 0.0953. The normalized spacial score (nSPS) is 18.1. The van der Waals surface area contributed by atoms with Gasteiger partial charge in [0.25, 0.3) is 0 Å². The van der Waals surface area contributed by atoms with Crippen molar-refractivity contribution >= 4 is 9.84 Å². The van der Waals surface area contributed by atoms with Crippen molar-refractivity contribution in [1.82, 2.24) is 15.3 Å². The Morgan fingerprint density at radius 2 is 2.12 bits per heavy atom. The number of nitrogens with zero attached hydrogens (tertiary/aromatic N) is 2. The Labute approximate surface area is 148 Å². The summed E-state index contributed by atoms with van der Waals surface area (Å²) in [6.07, 6.45) is 5.11. The maximum Gasteiger partial charge on any atom is 0.178 e. The SMILES string of the molecule is COc1ccccc1Cc1ncc(S(C)(=O)=O)c(C2CCCNC2)n1. The number of methoxy groups -OCH3 is 1. The van der Waals surface area contributed by atoms with Gasteiger partial charge in [0.1, 0.15) is 16.5 Å². The molecule has 1 aliphatic rings. The molecule has 0 radical (unpaired) electrons. The molecular weight excluding hydrogens is 338 g/mol. The number of ether oxygens (including phenoxy) is 1. The number of hydrogen-bond donors (Lipinski definition) is 1. The highest BCUT2D eigenvalue weighted by Crippen LogP contribution is 2.28. The van der Waals surface area contributed by atoms with Gasteiger partial charge in [0.15, 0.2) is 9.84 Å². The quantitative estimate of drug-likeness (QED) is 0.877. The molecule has 2 heterocycles. The number of para-hydroxylation sites is 1. The molecule has 25 heavy (non-hydrogen) atoms. The monoisotopic (exact) mass is 361 g/mol. The van der Waals surface area contributed by atoms with Crippen LogP contribution in [0.25, 0.3) is 0 Å². The summed E-state index contributed by atoms with van der Waals surface area (Å²) in [5.74, 6) is 1.48. The van der Waals surface area contributed by atoms with E-state index in [0.717, 1.165) is 37.2 Å². The van der Waals surface area contributed by atoms with Crippen LogP contribution in [-0.2, 0) is 16.3 Å². The van der Waals surface area contributed by atoms with E-state index in [-0.39, 0.29) is 10.8 Å². The zero-order valence-electron chi connectivity index (χ0n) is 14.5. The van der Waals surface area contributed by atoms with Crippen LogP contribution in [0.2, 0.25) is 0 Å². The number of rotatable bonds is 5. The molecule has 0 saturated carbocycles. The zero-order valence-corrected chi connectivity index (χ0v) is 15.3. The van der Waals surface area contributed by atoms with Crippen LogP contribution in [0.15, 0.2) is 35.4 Å². The van der Waals surface area contributed by atoms with Gasteiger partial charge in [0, 0.05) is 36.9 Å². The molecule has 7 heteroatoms. The Bertz CT molecular complexity index is 846. The summed E-state index contributed by atoms with van der Waals surface area (Å²) >= 11 is 0. The van der Waals surface area contributed by atoms with E-state index >= 15 is 0 Å². The highest BCUT2D eigenvalue weighted by atomic mass is 32.2. The lowest BCUT2D eigenvalue weighted by atomic mass is 9.96. The molecule has 0 spiro atoms. The molecule has 0 bridgehead atoms. The molecule has 1 unspecified atom stereocenters. The lowest BCUT2D eigenvalue weighted by Gasteiger charge is -2.24. The van der Waals surface area contributed by atoms with E-state index in [0.29, 0.717) is 17.9 Å². The van der Waals surface area contributed by atoms with Gasteiger partial charge in [0.05, 0.1) is 12.8 Å². The van der Waals surface area contributed by atoms with Crippen LogP contribution in [0, 0.1) is 0 Å². The Balaban J connectivity index is 1.98. The first kappa shape index (κ1) is 17.8. The van der Waals surface area contributed by atoms with Crippen molar-refractivity contribution < 1.29 is 13.2 Å². The molecule has 1 N–H and O–H groups in total. The maximum absolute atomic E-state index is 12.1. The van der Waals surface area contributed by atoms with Gasteiger partial charge in [-0.05, 0) is 25.5 Å². The highest BCUT2D eigenvalue weighted by molar-refractivity contribution is 7.90. The Morgan fingerprint density at radius 1 is 1.32 bits per heavy atom. The van der Waals surface area contributed by atoms with Gasteiger partial charge in [0.2, 0.25) is 0 Å². The second-order valence-corrected chi connectivity index (χ2v) is 8.32. The van der Waals surface area contributed by atoms with Crippen molar-refractivity contribution in [2.75, 3.05) is 26.5 Å². The number of sulfone groups is 1. The lowest BCUT2D eigenvalue weighted by molar-refractivity contribution is 0.410. The first-order valence-corrected chi connectivity index (χ1v) is 10.3. The molecule has 1 aliphatic heterocycles. The fourth-order valence-corrected chi connectivity index (χ4v) is 4.03. The number of nitrogens with one attached hydrogen (secondary N) is 1. The van der Waals surface area contributed by atoms with E-state index in [2.05, 4.69) is 15.3 Å². The Morgan fingerprint density at radius 3 is 2.80 bits per heavy atom. The van der Waals surface area contributed by atoms with Crippen LogP contribution in [0.3, 0.4) is 0 Å².